The quantitative estimate of drug-likeness (QED) is 0.745. The first-order valence-corrected chi connectivity index (χ1v) is 6.53. The molecule has 2 nitrogen and oxygen atoms in total. The summed E-state index contributed by atoms with van der Waals surface area (Å²) in [5, 5.41) is 2.96. The molecule has 0 radical (unpaired) electrons. The lowest BCUT2D eigenvalue weighted by atomic mass is 10.0. The number of rotatable bonds is 6. The van der Waals surface area contributed by atoms with Crippen LogP contribution in [0.5, 0.6) is 0 Å². The Hall–Kier alpha value is -1.31. The SMILES string of the molecule is CCCCCNC(=O)c1cccc(C(C)C)c1. The predicted molar refractivity (Wildman–Crippen MR) is 72.4 cm³/mol. The van der Waals surface area contributed by atoms with Crippen LogP contribution in [0.1, 0.15) is 61.9 Å². The topological polar surface area (TPSA) is 29.1 Å². The van der Waals surface area contributed by atoms with Gasteiger partial charge < -0.3 is 5.32 Å². The molecule has 0 bridgehead atoms. The Kier molecular flexibility index (Phi) is 5.75. The number of hydrogen-bond donors (Lipinski definition) is 1. The maximum atomic E-state index is 11.9. The van der Waals surface area contributed by atoms with Gasteiger partial charge in [0.25, 0.3) is 5.91 Å². The first-order chi connectivity index (χ1) is 8.15. The molecule has 1 amide bonds. The van der Waals surface area contributed by atoms with Crippen LogP contribution in [-0.4, -0.2) is 12.5 Å². The normalized spacial score (nSPS) is 10.6. The second-order valence-corrected chi connectivity index (χ2v) is 4.74. The highest BCUT2D eigenvalue weighted by atomic mass is 16.1. The summed E-state index contributed by atoms with van der Waals surface area (Å²) in [5.41, 5.74) is 1.99. The van der Waals surface area contributed by atoms with Crippen molar-refractivity contribution in [1.29, 1.82) is 0 Å². The van der Waals surface area contributed by atoms with Crippen molar-refractivity contribution in [2.24, 2.45) is 0 Å². The van der Waals surface area contributed by atoms with Gasteiger partial charge in [0.1, 0.15) is 0 Å². The third-order valence-corrected chi connectivity index (χ3v) is 2.88. The average Bonchev–Trinajstić information content (AvgIpc) is 2.34. The van der Waals surface area contributed by atoms with Gasteiger partial charge in [0, 0.05) is 12.1 Å². The summed E-state index contributed by atoms with van der Waals surface area (Å²) in [7, 11) is 0. The number of nitrogens with one attached hydrogen (secondary N) is 1. The molecular formula is C15H23NO. The number of carbonyl (C=O) groups is 1. The zero-order chi connectivity index (χ0) is 12.7. The minimum absolute atomic E-state index is 0.0450. The van der Waals surface area contributed by atoms with Gasteiger partial charge in [-0.15, -0.1) is 0 Å². The molecule has 94 valence electrons. The molecule has 0 aromatic heterocycles. The number of benzene rings is 1. The van der Waals surface area contributed by atoms with Gasteiger partial charge in [0.15, 0.2) is 0 Å². The van der Waals surface area contributed by atoms with E-state index in [2.05, 4.69) is 32.2 Å². The molecule has 0 unspecified atom stereocenters. The summed E-state index contributed by atoms with van der Waals surface area (Å²) < 4.78 is 0. The van der Waals surface area contributed by atoms with Crippen LogP contribution in [0.3, 0.4) is 0 Å². The van der Waals surface area contributed by atoms with Crippen molar-refractivity contribution in [1.82, 2.24) is 5.32 Å². The van der Waals surface area contributed by atoms with Crippen molar-refractivity contribution in [2.75, 3.05) is 6.54 Å². The van der Waals surface area contributed by atoms with E-state index in [1.54, 1.807) is 0 Å². The molecule has 0 aliphatic rings. The van der Waals surface area contributed by atoms with Gasteiger partial charge in [-0.1, -0.05) is 45.7 Å². The van der Waals surface area contributed by atoms with E-state index in [1.165, 1.54) is 18.4 Å². The van der Waals surface area contributed by atoms with E-state index < -0.39 is 0 Å². The number of unbranched alkanes of at least 4 members (excludes halogenated alkanes) is 2. The van der Waals surface area contributed by atoms with Gasteiger partial charge in [-0.2, -0.15) is 0 Å². The minimum Gasteiger partial charge on any atom is -0.352 e. The zero-order valence-electron chi connectivity index (χ0n) is 11.1. The van der Waals surface area contributed by atoms with Crippen molar-refractivity contribution in [3.63, 3.8) is 0 Å². The van der Waals surface area contributed by atoms with Gasteiger partial charge in [-0.25, -0.2) is 0 Å². The lowest BCUT2D eigenvalue weighted by Gasteiger charge is -2.08. The number of amides is 1. The second-order valence-electron chi connectivity index (χ2n) is 4.74. The van der Waals surface area contributed by atoms with Crippen LogP contribution in [0, 0.1) is 0 Å². The molecule has 0 heterocycles. The molecule has 0 aliphatic heterocycles. The predicted octanol–water partition coefficient (Wildman–Crippen LogP) is 3.73. The van der Waals surface area contributed by atoms with E-state index in [0.29, 0.717) is 5.92 Å². The standard InChI is InChI=1S/C15H23NO/c1-4-5-6-10-16-15(17)14-9-7-8-13(11-14)12(2)3/h7-9,11-12H,4-6,10H2,1-3H3,(H,16,17). The van der Waals surface area contributed by atoms with Gasteiger partial charge in [0.2, 0.25) is 0 Å². The smallest absolute Gasteiger partial charge is 0.251 e. The summed E-state index contributed by atoms with van der Waals surface area (Å²) in [4.78, 5) is 11.9. The molecule has 0 aliphatic carbocycles. The monoisotopic (exact) mass is 233 g/mol. The van der Waals surface area contributed by atoms with E-state index in [0.717, 1.165) is 18.5 Å². The first kappa shape index (κ1) is 13.8. The van der Waals surface area contributed by atoms with Gasteiger partial charge in [-0.3, -0.25) is 4.79 Å². The molecule has 0 spiro atoms. The molecule has 0 saturated heterocycles. The first-order valence-electron chi connectivity index (χ1n) is 6.53. The van der Waals surface area contributed by atoms with Crippen LogP contribution in [0.25, 0.3) is 0 Å². The molecule has 1 N–H and O–H groups in total. The fourth-order valence-electron chi connectivity index (χ4n) is 1.72. The lowest BCUT2D eigenvalue weighted by Crippen LogP contribution is -2.24. The molecule has 2 heteroatoms. The third-order valence-electron chi connectivity index (χ3n) is 2.88. The second kappa shape index (κ2) is 7.10. The summed E-state index contributed by atoms with van der Waals surface area (Å²) in [6, 6.07) is 7.88. The van der Waals surface area contributed by atoms with Crippen LogP contribution in [0.2, 0.25) is 0 Å². The van der Waals surface area contributed by atoms with Gasteiger partial charge >= 0.3 is 0 Å². The van der Waals surface area contributed by atoms with E-state index in [-0.39, 0.29) is 5.91 Å². The summed E-state index contributed by atoms with van der Waals surface area (Å²) >= 11 is 0. The Bertz CT molecular complexity index is 358. The van der Waals surface area contributed by atoms with Gasteiger partial charge in [-0.05, 0) is 30.0 Å². The molecule has 1 aromatic rings. The van der Waals surface area contributed by atoms with E-state index in [4.69, 9.17) is 0 Å². The highest BCUT2D eigenvalue weighted by Crippen LogP contribution is 2.15. The van der Waals surface area contributed by atoms with Crippen LogP contribution in [-0.2, 0) is 0 Å². The molecule has 0 atom stereocenters. The summed E-state index contributed by atoms with van der Waals surface area (Å²) in [6.07, 6.45) is 3.41. The van der Waals surface area contributed by atoms with Crippen molar-refractivity contribution in [2.45, 2.75) is 46.0 Å². The third kappa shape index (κ3) is 4.59. The van der Waals surface area contributed by atoms with E-state index >= 15 is 0 Å². The van der Waals surface area contributed by atoms with Crippen LogP contribution < -0.4 is 5.32 Å². The fraction of sp³-hybridized carbons (Fsp3) is 0.533. The van der Waals surface area contributed by atoms with Crippen LogP contribution in [0.15, 0.2) is 24.3 Å². The Morgan fingerprint density at radius 3 is 2.71 bits per heavy atom. The van der Waals surface area contributed by atoms with E-state index in [9.17, 15) is 4.79 Å². The maximum Gasteiger partial charge on any atom is 0.251 e. The Balaban J connectivity index is 2.53. The van der Waals surface area contributed by atoms with Crippen molar-refractivity contribution in [3.8, 4) is 0 Å². The Morgan fingerprint density at radius 2 is 2.06 bits per heavy atom. The van der Waals surface area contributed by atoms with Crippen LogP contribution in [0.4, 0.5) is 0 Å². The van der Waals surface area contributed by atoms with Crippen molar-refractivity contribution >= 4 is 5.91 Å². The molecule has 1 aromatic carbocycles. The minimum atomic E-state index is 0.0450. The fourth-order valence-corrected chi connectivity index (χ4v) is 1.72. The van der Waals surface area contributed by atoms with E-state index in [1.807, 2.05) is 18.2 Å². The Labute approximate surface area is 104 Å². The summed E-state index contributed by atoms with van der Waals surface area (Å²) in [5.74, 6) is 0.506. The highest BCUT2D eigenvalue weighted by molar-refractivity contribution is 5.94. The average molecular weight is 233 g/mol. The maximum absolute atomic E-state index is 11.9. The largest absolute Gasteiger partial charge is 0.352 e. The molecule has 17 heavy (non-hydrogen) atoms. The zero-order valence-corrected chi connectivity index (χ0v) is 11.1. The Morgan fingerprint density at radius 1 is 1.29 bits per heavy atom. The number of hydrogen-bond acceptors (Lipinski definition) is 1. The molecule has 0 saturated carbocycles. The van der Waals surface area contributed by atoms with Crippen LogP contribution >= 0.6 is 0 Å². The molecular weight excluding hydrogens is 210 g/mol. The highest BCUT2D eigenvalue weighted by Gasteiger charge is 2.06. The molecule has 1 rings (SSSR count). The lowest BCUT2D eigenvalue weighted by molar-refractivity contribution is 0.0953. The molecule has 0 fully saturated rings. The van der Waals surface area contributed by atoms with Crippen molar-refractivity contribution < 1.29 is 4.79 Å². The number of carbonyl (C=O) groups excluding carboxylic acids is 1. The summed E-state index contributed by atoms with van der Waals surface area (Å²) in [6.45, 7) is 7.21. The van der Waals surface area contributed by atoms with Crippen molar-refractivity contribution in [3.05, 3.63) is 35.4 Å². The van der Waals surface area contributed by atoms with Gasteiger partial charge in [0.05, 0.1) is 0 Å².